The highest BCUT2D eigenvalue weighted by molar-refractivity contribution is 5.79. The molecule has 0 aliphatic carbocycles. The zero-order chi connectivity index (χ0) is 15.2. The van der Waals surface area contributed by atoms with Gasteiger partial charge in [-0.25, -0.2) is 0 Å². The fourth-order valence-corrected chi connectivity index (χ4v) is 2.97. The van der Waals surface area contributed by atoms with Crippen LogP contribution in [0.2, 0.25) is 0 Å². The molecule has 2 N–H and O–H groups in total. The van der Waals surface area contributed by atoms with E-state index in [0.717, 1.165) is 25.7 Å². The SMILES string of the molecule is N#C[C@@H]1CCCN1C(=O)CNC1CCN(C(=O)CO)CC1. The number of likely N-dealkylation sites (tertiary alicyclic amines) is 2. The third-order valence-corrected chi connectivity index (χ3v) is 4.25. The average molecular weight is 294 g/mol. The van der Waals surface area contributed by atoms with E-state index in [1.807, 2.05) is 0 Å². The summed E-state index contributed by atoms with van der Waals surface area (Å²) in [5, 5.41) is 21.0. The van der Waals surface area contributed by atoms with Gasteiger partial charge < -0.3 is 20.2 Å². The Kier molecular flexibility index (Phi) is 5.53. The van der Waals surface area contributed by atoms with Gasteiger partial charge in [-0.1, -0.05) is 0 Å². The second-order valence-corrected chi connectivity index (χ2v) is 5.57. The van der Waals surface area contributed by atoms with Crippen molar-refractivity contribution in [3.8, 4) is 6.07 Å². The van der Waals surface area contributed by atoms with E-state index >= 15 is 0 Å². The van der Waals surface area contributed by atoms with Crippen LogP contribution in [0, 0.1) is 11.3 Å². The summed E-state index contributed by atoms with van der Waals surface area (Å²) in [5.41, 5.74) is 0. The number of nitrogens with one attached hydrogen (secondary N) is 1. The van der Waals surface area contributed by atoms with Gasteiger partial charge in [0.2, 0.25) is 11.8 Å². The van der Waals surface area contributed by atoms with E-state index in [2.05, 4.69) is 11.4 Å². The van der Waals surface area contributed by atoms with Crippen LogP contribution in [-0.2, 0) is 9.59 Å². The monoisotopic (exact) mass is 294 g/mol. The Morgan fingerprint density at radius 2 is 1.90 bits per heavy atom. The third-order valence-electron chi connectivity index (χ3n) is 4.25. The van der Waals surface area contributed by atoms with E-state index in [1.54, 1.807) is 9.80 Å². The van der Waals surface area contributed by atoms with Crippen molar-refractivity contribution < 1.29 is 14.7 Å². The molecule has 7 heteroatoms. The molecule has 2 rings (SSSR count). The topological polar surface area (TPSA) is 96.7 Å². The fraction of sp³-hybridized carbons (Fsp3) is 0.786. The number of carbonyl (C=O) groups is 2. The van der Waals surface area contributed by atoms with Crippen LogP contribution in [0.4, 0.5) is 0 Å². The van der Waals surface area contributed by atoms with Gasteiger partial charge in [0.15, 0.2) is 0 Å². The second-order valence-electron chi connectivity index (χ2n) is 5.57. The van der Waals surface area contributed by atoms with Crippen LogP contribution in [0.3, 0.4) is 0 Å². The van der Waals surface area contributed by atoms with Crippen molar-refractivity contribution in [2.24, 2.45) is 0 Å². The van der Waals surface area contributed by atoms with Crippen LogP contribution in [-0.4, -0.2) is 71.6 Å². The highest BCUT2D eigenvalue weighted by atomic mass is 16.3. The number of carbonyl (C=O) groups excluding carboxylic acids is 2. The normalized spacial score (nSPS) is 23.1. The van der Waals surface area contributed by atoms with Crippen molar-refractivity contribution in [3.05, 3.63) is 0 Å². The summed E-state index contributed by atoms with van der Waals surface area (Å²) in [6.45, 7) is 1.69. The first-order valence-electron chi connectivity index (χ1n) is 7.46. The van der Waals surface area contributed by atoms with Crippen molar-refractivity contribution in [2.45, 2.75) is 37.8 Å². The summed E-state index contributed by atoms with van der Waals surface area (Å²) < 4.78 is 0. The number of nitriles is 1. The number of rotatable bonds is 4. The molecule has 0 bridgehead atoms. The predicted molar refractivity (Wildman–Crippen MR) is 75.0 cm³/mol. The van der Waals surface area contributed by atoms with Gasteiger partial charge in [-0.3, -0.25) is 9.59 Å². The zero-order valence-electron chi connectivity index (χ0n) is 12.1. The molecule has 7 nitrogen and oxygen atoms in total. The number of nitrogens with zero attached hydrogens (tertiary/aromatic N) is 3. The van der Waals surface area contributed by atoms with Crippen LogP contribution >= 0.6 is 0 Å². The standard InChI is InChI=1S/C14H22N4O3/c15-8-12-2-1-5-18(12)13(20)9-16-11-3-6-17(7-4-11)14(21)10-19/h11-12,16,19H,1-7,9-10H2/t12-/m0/s1. The number of amides is 2. The second kappa shape index (κ2) is 7.38. The fourth-order valence-electron chi connectivity index (χ4n) is 2.97. The van der Waals surface area contributed by atoms with Crippen LogP contribution < -0.4 is 5.32 Å². The lowest BCUT2D eigenvalue weighted by Crippen LogP contribution is -2.48. The maximum atomic E-state index is 12.1. The average Bonchev–Trinajstić information content (AvgIpc) is 3.01. The van der Waals surface area contributed by atoms with Crippen LogP contribution in [0.25, 0.3) is 0 Å². The minimum atomic E-state index is -0.443. The predicted octanol–water partition coefficient (Wildman–Crippen LogP) is -0.926. The molecule has 2 heterocycles. The molecule has 21 heavy (non-hydrogen) atoms. The Balaban J connectivity index is 1.71. The summed E-state index contributed by atoms with van der Waals surface area (Å²) in [7, 11) is 0. The van der Waals surface area contributed by atoms with Gasteiger partial charge in [0.05, 0.1) is 12.6 Å². The third kappa shape index (κ3) is 3.93. The van der Waals surface area contributed by atoms with Crippen molar-refractivity contribution >= 4 is 11.8 Å². The number of hydrogen-bond acceptors (Lipinski definition) is 5. The molecule has 2 fully saturated rings. The summed E-state index contributed by atoms with van der Waals surface area (Å²) in [5.74, 6) is -0.258. The molecule has 0 aromatic carbocycles. The van der Waals surface area contributed by atoms with Gasteiger partial charge in [0, 0.05) is 25.7 Å². The molecule has 2 aliphatic rings. The lowest BCUT2D eigenvalue weighted by atomic mass is 10.1. The molecule has 0 aromatic heterocycles. The van der Waals surface area contributed by atoms with Crippen LogP contribution in [0.15, 0.2) is 0 Å². The van der Waals surface area contributed by atoms with Crippen molar-refractivity contribution in [3.63, 3.8) is 0 Å². The van der Waals surface area contributed by atoms with E-state index in [0.29, 0.717) is 19.6 Å². The molecule has 2 amide bonds. The van der Waals surface area contributed by atoms with Crippen LogP contribution in [0.5, 0.6) is 0 Å². The quantitative estimate of drug-likeness (QED) is 0.698. The molecular formula is C14H22N4O3. The number of hydrogen-bond donors (Lipinski definition) is 2. The molecule has 2 saturated heterocycles. The Labute approximate surface area is 124 Å². The Hall–Kier alpha value is -1.65. The van der Waals surface area contributed by atoms with E-state index < -0.39 is 6.61 Å². The van der Waals surface area contributed by atoms with Gasteiger partial charge >= 0.3 is 0 Å². The highest BCUT2D eigenvalue weighted by Gasteiger charge is 2.29. The Bertz CT molecular complexity index is 426. The molecule has 1 atom stereocenters. The molecule has 0 saturated carbocycles. The molecule has 0 aromatic rings. The number of piperidine rings is 1. The van der Waals surface area contributed by atoms with E-state index in [9.17, 15) is 9.59 Å². The minimum absolute atomic E-state index is 0.0204. The van der Waals surface area contributed by atoms with Crippen molar-refractivity contribution in [1.29, 1.82) is 5.26 Å². The zero-order valence-corrected chi connectivity index (χ0v) is 12.1. The number of aliphatic hydroxyl groups is 1. The van der Waals surface area contributed by atoms with Gasteiger partial charge in [-0.15, -0.1) is 0 Å². The first-order valence-corrected chi connectivity index (χ1v) is 7.46. The summed E-state index contributed by atoms with van der Waals surface area (Å²) in [4.78, 5) is 26.7. The molecule has 0 spiro atoms. The van der Waals surface area contributed by atoms with Gasteiger partial charge in [0.25, 0.3) is 0 Å². The van der Waals surface area contributed by atoms with E-state index in [1.165, 1.54) is 0 Å². The lowest BCUT2D eigenvalue weighted by Gasteiger charge is -2.32. The first-order chi connectivity index (χ1) is 10.2. The Morgan fingerprint density at radius 3 is 2.52 bits per heavy atom. The maximum absolute atomic E-state index is 12.1. The van der Waals surface area contributed by atoms with Gasteiger partial charge in [-0.05, 0) is 25.7 Å². The number of aliphatic hydroxyl groups excluding tert-OH is 1. The van der Waals surface area contributed by atoms with Gasteiger partial charge in [-0.2, -0.15) is 5.26 Å². The highest BCUT2D eigenvalue weighted by Crippen LogP contribution is 2.16. The first kappa shape index (κ1) is 15.7. The van der Waals surface area contributed by atoms with E-state index in [-0.39, 0.29) is 30.4 Å². The van der Waals surface area contributed by atoms with Crippen molar-refractivity contribution in [2.75, 3.05) is 32.8 Å². The minimum Gasteiger partial charge on any atom is -0.387 e. The van der Waals surface area contributed by atoms with Gasteiger partial charge in [0.1, 0.15) is 12.6 Å². The maximum Gasteiger partial charge on any atom is 0.248 e. The van der Waals surface area contributed by atoms with E-state index in [4.69, 9.17) is 10.4 Å². The molecule has 2 aliphatic heterocycles. The van der Waals surface area contributed by atoms with Crippen molar-refractivity contribution in [1.82, 2.24) is 15.1 Å². The summed E-state index contributed by atoms with van der Waals surface area (Å²) in [6, 6.07) is 2.10. The summed E-state index contributed by atoms with van der Waals surface area (Å²) >= 11 is 0. The Morgan fingerprint density at radius 1 is 1.19 bits per heavy atom. The smallest absolute Gasteiger partial charge is 0.248 e. The largest absolute Gasteiger partial charge is 0.387 e. The molecule has 0 radical (unpaired) electrons. The summed E-state index contributed by atoms with van der Waals surface area (Å²) in [6.07, 6.45) is 3.22. The molecule has 0 unspecified atom stereocenters. The van der Waals surface area contributed by atoms with Crippen LogP contribution in [0.1, 0.15) is 25.7 Å². The lowest BCUT2D eigenvalue weighted by molar-refractivity contribution is -0.135. The molecule has 116 valence electrons. The molecular weight excluding hydrogens is 272 g/mol.